The zero-order chi connectivity index (χ0) is 23.9. The lowest BCUT2D eigenvalue weighted by molar-refractivity contribution is -0.113. The largest absolute Gasteiger partial charge is 0.345 e. The van der Waals surface area contributed by atoms with Crippen LogP contribution in [0.15, 0.2) is 90.1 Å². The van der Waals surface area contributed by atoms with Crippen LogP contribution in [-0.2, 0) is 4.79 Å². The number of anilines is 1. The number of thioether (sulfide) groups is 1. The molecule has 0 aliphatic heterocycles. The van der Waals surface area contributed by atoms with Gasteiger partial charge in [0.1, 0.15) is 11.4 Å². The van der Waals surface area contributed by atoms with Gasteiger partial charge in [0.05, 0.1) is 5.75 Å². The van der Waals surface area contributed by atoms with Crippen LogP contribution < -0.4 is 5.32 Å². The molecule has 0 radical (unpaired) electrons. The lowest BCUT2D eigenvalue weighted by atomic mass is 10.0. The summed E-state index contributed by atoms with van der Waals surface area (Å²) in [5.74, 6) is -0.168. The maximum absolute atomic E-state index is 12.5. The first-order valence-electron chi connectivity index (χ1n) is 10.6. The first kappa shape index (κ1) is 23.1. The molecule has 0 bridgehead atoms. The summed E-state index contributed by atoms with van der Waals surface area (Å²) in [6.07, 6.45) is 0. The molecule has 170 valence electrons. The highest BCUT2D eigenvalue weighted by Gasteiger charge is 2.15. The van der Waals surface area contributed by atoms with Crippen molar-refractivity contribution in [3.8, 4) is 22.5 Å². The number of nitrogens with one attached hydrogen (secondary N) is 1. The Bertz CT molecular complexity index is 1280. The van der Waals surface area contributed by atoms with E-state index in [0.29, 0.717) is 27.8 Å². The second-order valence-electron chi connectivity index (χ2n) is 7.64. The molecule has 0 saturated carbocycles. The van der Waals surface area contributed by atoms with Gasteiger partial charge in [0.15, 0.2) is 0 Å². The van der Waals surface area contributed by atoms with Gasteiger partial charge in [0, 0.05) is 36.5 Å². The molecule has 0 atom stereocenters. The van der Waals surface area contributed by atoms with Gasteiger partial charge in [-0.1, -0.05) is 72.4 Å². The Morgan fingerprint density at radius 2 is 1.38 bits per heavy atom. The van der Waals surface area contributed by atoms with E-state index < -0.39 is 0 Å². The quantitative estimate of drug-likeness (QED) is 0.397. The number of aromatic nitrogens is 3. The van der Waals surface area contributed by atoms with Gasteiger partial charge in [-0.05, 0) is 24.3 Å². The number of hydrogen-bond donors (Lipinski definition) is 1. The van der Waals surface area contributed by atoms with Crippen molar-refractivity contribution in [2.75, 3.05) is 25.2 Å². The molecule has 0 aliphatic rings. The molecule has 7 nitrogen and oxygen atoms in total. The van der Waals surface area contributed by atoms with Crippen molar-refractivity contribution in [1.29, 1.82) is 0 Å². The molecule has 0 unspecified atom stereocenters. The summed E-state index contributed by atoms with van der Waals surface area (Å²) in [4.78, 5) is 30.7. The van der Waals surface area contributed by atoms with E-state index in [-0.39, 0.29) is 17.6 Å². The Kier molecular flexibility index (Phi) is 7.29. The standard InChI is InChI=1S/C26H23N5O2S/c1-31(2)25(33)20-13-15-21(16-14-20)27-22(32)17-34-26-28-23(18-9-5-3-6-10-18)24(29-30-26)19-11-7-4-8-12-19/h3-16H,17H2,1-2H3,(H,27,32). The minimum absolute atomic E-state index is 0.0914. The molecule has 0 spiro atoms. The van der Waals surface area contributed by atoms with Crippen molar-refractivity contribution < 1.29 is 9.59 Å². The van der Waals surface area contributed by atoms with E-state index in [9.17, 15) is 9.59 Å². The fourth-order valence-electron chi connectivity index (χ4n) is 3.24. The minimum Gasteiger partial charge on any atom is -0.345 e. The van der Waals surface area contributed by atoms with Gasteiger partial charge < -0.3 is 10.2 Å². The predicted octanol–water partition coefficient (Wildman–Crippen LogP) is 4.64. The molecule has 8 heteroatoms. The molecule has 34 heavy (non-hydrogen) atoms. The van der Waals surface area contributed by atoms with Crippen LogP contribution in [0.25, 0.3) is 22.5 Å². The fraction of sp³-hybridized carbons (Fsp3) is 0.115. The predicted molar refractivity (Wildman–Crippen MR) is 135 cm³/mol. The Morgan fingerprint density at radius 1 is 0.794 bits per heavy atom. The summed E-state index contributed by atoms with van der Waals surface area (Å²) >= 11 is 1.21. The number of nitrogens with zero attached hydrogens (tertiary/aromatic N) is 4. The Labute approximate surface area is 202 Å². The fourth-order valence-corrected chi connectivity index (χ4v) is 3.83. The first-order chi connectivity index (χ1) is 16.5. The molecule has 4 aromatic rings. The smallest absolute Gasteiger partial charge is 0.253 e. The Hall–Kier alpha value is -4.04. The minimum atomic E-state index is -0.200. The molecule has 3 aromatic carbocycles. The van der Waals surface area contributed by atoms with E-state index >= 15 is 0 Å². The second-order valence-corrected chi connectivity index (χ2v) is 8.58. The molecule has 0 fully saturated rings. The molecule has 0 saturated heterocycles. The molecule has 1 N–H and O–H groups in total. The van der Waals surface area contributed by atoms with Crippen molar-refractivity contribution in [2.24, 2.45) is 0 Å². The molecular weight excluding hydrogens is 446 g/mol. The van der Waals surface area contributed by atoms with E-state index in [2.05, 4.69) is 15.5 Å². The van der Waals surface area contributed by atoms with Crippen LogP contribution in [0.2, 0.25) is 0 Å². The average molecular weight is 470 g/mol. The zero-order valence-electron chi connectivity index (χ0n) is 18.8. The van der Waals surface area contributed by atoms with Crippen LogP contribution in [0.5, 0.6) is 0 Å². The number of amides is 2. The highest BCUT2D eigenvalue weighted by atomic mass is 32.2. The lowest BCUT2D eigenvalue weighted by Crippen LogP contribution is -2.21. The zero-order valence-corrected chi connectivity index (χ0v) is 19.6. The van der Waals surface area contributed by atoms with Crippen molar-refractivity contribution in [3.05, 3.63) is 90.5 Å². The van der Waals surface area contributed by atoms with Gasteiger partial charge in [-0.3, -0.25) is 9.59 Å². The van der Waals surface area contributed by atoms with Gasteiger partial charge in [-0.2, -0.15) is 0 Å². The highest BCUT2D eigenvalue weighted by Crippen LogP contribution is 2.29. The third kappa shape index (κ3) is 5.65. The van der Waals surface area contributed by atoms with Gasteiger partial charge in [0.2, 0.25) is 11.1 Å². The van der Waals surface area contributed by atoms with Crippen LogP contribution in [0.1, 0.15) is 10.4 Å². The Balaban J connectivity index is 1.47. The second kappa shape index (κ2) is 10.7. The molecular formula is C26H23N5O2S. The molecule has 1 heterocycles. The van der Waals surface area contributed by atoms with Crippen molar-refractivity contribution in [2.45, 2.75) is 5.16 Å². The van der Waals surface area contributed by atoms with E-state index in [1.165, 1.54) is 16.7 Å². The molecule has 2 amide bonds. The maximum atomic E-state index is 12.5. The van der Waals surface area contributed by atoms with E-state index in [0.717, 1.165) is 11.1 Å². The van der Waals surface area contributed by atoms with Crippen molar-refractivity contribution in [3.63, 3.8) is 0 Å². The topological polar surface area (TPSA) is 88.1 Å². The normalized spacial score (nSPS) is 10.5. The van der Waals surface area contributed by atoms with Gasteiger partial charge >= 0.3 is 0 Å². The van der Waals surface area contributed by atoms with Crippen molar-refractivity contribution >= 4 is 29.3 Å². The third-order valence-corrected chi connectivity index (χ3v) is 5.75. The number of hydrogen-bond acceptors (Lipinski definition) is 6. The molecule has 1 aromatic heterocycles. The van der Waals surface area contributed by atoms with Crippen LogP contribution in [-0.4, -0.2) is 51.7 Å². The molecule has 4 rings (SSSR count). The van der Waals surface area contributed by atoms with Gasteiger partial charge in [-0.25, -0.2) is 4.98 Å². The lowest BCUT2D eigenvalue weighted by Gasteiger charge is -2.11. The number of carbonyl (C=O) groups excluding carboxylic acids is 2. The SMILES string of the molecule is CN(C)C(=O)c1ccc(NC(=O)CSc2nnc(-c3ccccc3)c(-c3ccccc3)n2)cc1. The summed E-state index contributed by atoms with van der Waals surface area (Å²) in [7, 11) is 3.39. The van der Waals surface area contributed by atoms with E-state index in [1.807, 2.05) is 60.7 Å². The summed E-state index contributed by atoms with van der Waals surface area (Å²) in [5.41, 5.74) is 4.42. The average Bonchev–Trinajstić information content (AvgIpc) is 2.88. The number of benzene rings is 3. The van der Waals surface area contributed by atoms with Crippen LogP contribution >= 0.6 is 11.8 Å². The van der Waals surface area contributed by atoms with Crippen LogP contribution in [0.4, 0.5) is 5.69 Å². The summed E-state index contributed by atoms with van der Waals surface area (Å²) in [6.45, 7) is 0. The van der Waals surface area contributed by atoms with E-state index in [4.69, 9.17) is 4.98 Å². The maximum Gasteiger partial charge on any atom is 0.253 e. The monoisotopic (exact) mass is 469 g/mol. The molecule has 0 aliphatic carbocycles. The summed E-state index contributed by atoms with van der Waals surface area (Å²) < 4.78 is 0. The Morgan fingerprint density at radius 3 is 1.97 bits per heavy atom. The van der Waals surface area contributed by atoms with E-state index in [1.54, 1.807) is 38.4 Å². The third-order valence-electron chi connectivity index (χ3n) is 4.92. The van der Waals surface area contributed by atoms with Crippen LogP contribution in [0.3, 0.4) is 0 Å². The van der Waals surface area contributed by atoms with Gasteiger partial charge in [-0.15, -0.1) is 10.2 Å². The summed E-state index contributed by atoms with van der Waals surface area (Å²) in [5, 5.41) is 11.9. The van der Waals surface area contributed by atoms with Gasteiger partial charge in [0.25, 0.3) is 5.91 Å². The highest BCUT2D eigenvalue weighted by molar-refractivity contribution is 7.99. The number of carbonyl (C=O) groups is 2. The first-order valence-corrected chi connectivity index (χ1v) is 11.6. The number of rotatable bonds is 7. The van der Waals surface area contributed by atoms with Crippen LogP contribution in [0, 0.1) is 0 Å². The summed E-state index contributed by atoms with van der Waals surface area (Å²) in [6, 6.07) is 26.4. The van der Waals surface area contributed by atoms with Crippen molar-refractivity contribution in [1.82, 2.24) is 20.1 Å².